The lowest BCUT2D eigenvalue weighted by molar-refractivity contribution is -0.605. The van der Waals surface area contributed by atoms with Gasteiger partial charge < -0.3 is 10.5 Å². The first kappa shape index (κ1) is 11.1. The van der Waals surface area contributed by atoms with E-state index >= 15 is 0 Å². The third kappa shape index (κ3) is 2.57. The molecular weight excluding hydrogens is 218 g/mol. The van der Waals surface area contributed by atoms with Gasteiger partial charge in [0.15, 0.2) is 12.4 Å². The average molecular weight is 229 g/mol. The molecule has 2 aromatic heterocycles. The van der Waals surface area contributed by atoms with Gasteiger partial charge in [0.1, 0.15) is 11.4 Å². The maximum atomic E-state index is 11.8. The summed E-state index contributed by atoms with van der Waals surface area (Å²) in [6, 6.07) is 6.73. The summed E-state index contributed by atoms with van der Waals surface area (Å²) in [7, 11) is 0. The van der Waals surface area contributed by atoms with Gasteiger partial charge in [-0.25, -0.2) is 4.98 Å². The van der Waals surface area contributed by atoms with Gasteiger partial charge in [-0.3, -0.25) is 4.79 Å². The van der Waals surface area contributed by atoms with Gasteiger partial charge in [-0.15, -0.1) is 0 Å². The molecule has 17 heavy (non-hydrogen) atoms. The maximum absolute atomic E-state index is 11.8. The Labute approximate surface area is 98.3 Å². The second-order valence-corrected chi connectivity index (χ2v) is 3.58. The summed E-state index contributed by atoms with van der Waals surface area (Å²) in [6.45, 7) is 1.85. The Bertz CT molecular complexity index is 555. The summed E-state index contributed by atoms with van der Waals surface area (Å²) < 4.78 is 0.584. The zero-order valence-corrected chi connectivity index (χ0v) is 9.25. The lowest BCUT2D eigenvalue weighted by atomic mass is 10.2. The first-order chi connectivity index (χ1) is 8.16. The van der Waals surface area contributed by atoms with Crippen molar-refractivity contribution in [3.05, 3.63) is 59.2 Å². The van der Waals surface area contributed by atoms with E-state index in [-0.39, 0.29) is 5.91 Å². The summed E-state index contributed by atoms with van der Waals surface area (Å²) in [6.07, 6.45) is 4.14. The van der Waals surface area contributed by atoms with Crippen molar-refractivity contribution in [2.24, 2.45) is 0 Å². The summed E-state index contributed by atoms with van der Waals surface area (Å²) in [5, 5.41) is 13.7. The van der Waals surface area contributed by atoms with Crippen LogP contribution in [0.2, 0.25) is 0 Å². The first-order valence-electron chi connectivity index (χ1n) is 5.08. The van der Waals surface area contributed by atoms with E-state index in [1.807, 2.05) is 13.0 Å². The van der Waals surface area contributed by atoms with E-state index in [4.69, 9.17) is 0 Å². The fourth-order valence-corrected chi connectivity index (χ4v) is 1.39. The van der Waals surface area contributed by atoms with Gasteiger partial charge in [0.25, 0.3) is 5.91 Å². The second kappa shape index (κ2) is 4.61. The van der Waals surface area contributed by atoms with E-state index in [0.717, 1.165) is 5.56 Å². The van der Waals surface area contributed by atoms with Crippen molar-refractivity contribution >= 4 is 11.7 Å². The number of hydrogen-bond acceptors (Lipinski definition) is 3. The van der Waals surface area contributed by atoms with Crippen molar-refractivity contribution in [3.8, 4) is 0 Å². The van der Waals surface area contributed by atoms with E-state index < -0.39 is 0 Å². The summed E-state index contributed by atoms with van der Waals surface area (Å²) in [5.41, 5.74) is 1.17. The molecule has 2 heterocycles. The molecule has 2 rings (SSSR count). The number of hydrogen-bond donors (Lipinski definition) is 1. The van der Waals surface area contributed by atoms with Gasteiger partial charge in [-0.1, -0.05) is 6.07 Å². The van der Waals surface area contributed by atoms with E-state index in [1.54, 1.807) is 18.3 Å². The average Bonchev–Trinajstić information content (AvgIpc) is 2.32. The van der Waals surface area contributed by atoms with Crippen LogP contribution in [0.25, 0.3) is 0 Å². The topological polar surface area (TPSA) is 68.9 Å². The Morgan fingerprint density at radius 1 is 1.41 bits per heavy atom. The van der Waals surface area contributed by atoms with Crippen LogP contribution in [0.5, 0.6) is 0 Å². The number of carbonyl (C=O) groups is 1. The van der Waals surface area contributed by atoms with Crippen LogP contribution in [0.15, 0.2) is 42.9 Å². The molecule has 5 heteroatoms. The molecule has 0 aliphatic rings. The quantitative estimate of drug-likeness (QED) is 0.623. The molecule has 0 radical (unpaired) electrons. The van der Waals surface area contributed by atoms with Crippen molar-refractivity contribution < 1.29 is 9.52 Å². The molecule has 1 N–H and O–H groups in total. The van der Waals surface area contributed by atoms with Crippen LogP contribution >= 0.6 is 0 Å². The summed E-state index contributed by atoms with van der Waals surface area (Å²) >= 11 is 0. The fraction of sp³-hybridized carbons (Fsp3) is 0.0833. The third-order valence-electron chi connectivity index (χ3n) is 2.28. The molecule has 0 fully saturated rings. The highest BCUT2D eigenvalue weighted by molar-refractivity contribution is 6.03. The normalized spacial score (nSPS) is 9.94. The molecule has 0 aliphatic heterocycles. The number of amides is 1. The van der Waals surface area contributed by atoms with Crippen molar-refractivity contribution in [1.29, 1.82) is 0 Å². The minimum absolute atomic E-state index is 0.299. The Kier molecular flexibility index (Phi) is 3.00. The maximum Gasteiger partial charge on any atom is 0.262 e. The monoisotopic (exact) mass is 229 g/mol. The molecular formula is C12H11N3O2. The minimum atomic E-state index is -0.350. The van der Waals surface area contributed by atoms with E-state index in [9.17, 15) is 10.0 Å². The highest BCUT2D eigenvalue weighted by Crippen LogP contribution is 2.10. The van der Waals surface area contributed by atoms with Gasteiger partial charge >= 0.3 is 0 Å². The van der Waals surface area contributed by atoms with Crippen LogP contribution in [0, 0.1) is 12.1 Å². The number of aromatic nitrogens is 2. The number of nitrogens with zero attached hydrogens (tertiary/aromatic N) is 2. The van der Waals surface area contributed by atoms with Crippen LogP contribution in [0.1, 0.15) is 15.9 Å². The molecule has 2 aromatic rings. The van der Waals surface area contributed by atoms with Crippen molar-refractivity contribution in [1.82, 2.24) is 4.98 Å². The van der Waals surface area contributed by atoms with Gasteiger partial charge in [-0.2, -0.15) is 4.73 Å². The largest absolute Gasteiger partial charge is 0.619 e. The molecule has 0 atom stereocenters. The number of anilines is 1. The number of aryl methyl sites for hydroxylation is 1. The summed E-state index contributed by atoms with van der Waals surface area (Å²) in [5.74, 6) is 0.149. The predicted molar refractivity (Wildman–Crippen MR) is 62.3 cm³/mol. The highest BCUT2D eigenvalue weighted by Gasteiger charge is 2.10. The van der Waals surface area contributed by atoms with Crippen molar-refractivity contribution in [3.63, 3.8) is 0 Å². The summed E-state index contributed by atoms with van der Waals surface area (Å²) in [4.78, 5) is 15.9. The molecule has 0 unspecified atom stereocenters. The second-order valence-electron chi connectivity index (χ2n) is 3.58. The molecule has 0 bridgehead atoms. The Balaban J connectivity index is 2.20. The molecule has 0 saturated carbocycles. The standard InChI is InChI=1S/C12H11N3O2/c1-9-4-2-6-13-11(9)14-12(16)10-5-3-7-15(17)8-10/h2-8H,1H3,(H,13,14,16). The van der Waals surface area contributed by atoms with Gasteiger partial charge in [0.2, 0.25) is 0 Å². The van der Waals surface area contributed by atoms with E-state index in [0.29, 0.717) is 16.1 Å². The molecule has 0 aliphatic carbocycles. The number of nitrogens with one attached hydrogen (secondary N) is 1. The Morgan fingerprint density at radius 2 is 2.24 bits per heavy atom. The SMILES string of the molecule is Cc1cccnc1NC(=O)c1ccc[n+]([O-])c1. The van der Waals surface area contributed by atoms with Crippen molar-refractivity contribution in [2.45, 2.75) is 6.92 Å². The minimum Gasteiger partial charge on any atom is -0.619 e. The molecule has 5 nitrogen and oxygen atoms in total. The lowest BCUT2D eigenvalue weighted by Crippen LogP contribution is -2.27. The van der Waals surface area contributed by atoms with Crippen molar-refractivity contribution in [2.75, 3.05) is 5.32 Å². The fourth-order valence-electron chi connectivity index (χ4n) is 1.39. The Morgan fingerprint density at radius 3 is 2.94 bits per heavy atom. The number of carbonyl (C=O) groups excluding carboxylic acids is 1. The predicted octanol–water partition coefficient (Wildman–Crippen LogP) is 1.28. The van der Waals surface area contributed by atoms with Gasteiger partial charge in [0, 0.05) is 12.3 Å². The third-order valence-corrected chi connectivity index (χ3v) is 2.28. The van der Waals surface area contributed by atoms with Crippen LogP contribution in [0.3, 0.4) is 0 Å². The van der Waals surface area contributed by atoms with Crippen LogP contribution < -0.4 is 10.0 Å². The van der Waals surface area contributed by atoms with Gasteiger partial charge in [-0.05, 0) is 24.6 Å². The molecule has 0 spiro atoms. The Hall–Kier alpha value is -2.43. The zero-order chi connectivity index (χ0) is 12.3. The highest BCUT2D eigenvalue weighted by atomic mass is 16.5. The smallest absolute Gasteiger partial charge is 0.262 e. The zero-order valence-electron chi connectivity index (χ0n) is 9.25. The lowest BCUT2D eigenvalue weighted by Gasteiger charge is -2.06. The molecule has 1 amide bonds. The molecule has 0 aromatic carbocycles. The van der Waals surface area contributed by atoms with Crippen LogP contribution in [0.4, 0.5) is 5.82 Å². The van der Waals surface area contributed by atoms with Crippen LogP contribution in [-0.4, -0.2) is 10.9 Å². The van der Waals surface area contributed by atoms with Crippen LogP contribution in [-0.2, 0) is 0 Å². The molecule has 0 saturated heterocycles. The van der Waals surface area contributed by atoms with Gasteiger partial charge in [0.05, 0.1) is 0 Å². The first-order valence-corrected chi connectivity index (χ1v) is 5.08. The van der Waals surface area contributed by atoms with E-state index in [1.165, 1.54) is 18.5 Å². The molecule has 86 valence electrons. The number of pyridine rings is 2. The van der Waals surface area contributed by atoms with E-state index in [2.05, 4.69) is 10.3 Å². The number of rotatable bonds is 2.